The van der Waals surface area contributed by atoms with E-state index in [1.54, 1.807) is 0 Å². The highest BCUT2D eigenvalue weighted by molar-refractivity contribution is 9.26. The monoisotopic (exact) mass is 496 g/mol. The smallest absolute Gasteiger partial charge is 0.0671 e. The molecular weight excluding hydrogens is 456 g/mol. The first kappa shape index (κ1) is 25.9. The summed E-state index contributed by atoms with van der Waals surface area (Å²) in [5.41, 5.74) is 1.12. The van der Waals surface area contributed by atoms with Crippen LogP contribution in [0.4, 0.5) is 0 Å². The number of ether oxygens (including phenoxy) is 1. The fourth-order valence-corrected chi connectivity index (χ4v) is 3.92. The van der Waals surface area contributed by atoms with Crippen molar-refractivity contribution in [2.75, 3.05) is 13.2 Å². The Kier molecular flexibility index (Phi) is 18.9. The molecule has 0 aliphatic heterocycles. The molecule has 0 atom stereocenters. The molecule has 0 saturated carbocycles. The van der Waals surface area contributed by atoms with Gasteiger partial charge in [0.2, 0.25) is 0 Å². The molecule has 0 radical (unpaired) electrons. The summed E-state index contributed by atoms with van der Waals surface area (Å²) in [6.45, 7) is 7.50. The van der Waals surface area contributed by atoms with Crippen molar-refractivity contribution in [2.24, 2.45) is 0 Å². The molecule has 0 bridgehead atoms. The van der Waals surface area contributed by atoms with E-state index >= 15 is 0 Å². The summed E-state index contributed by atoms with van der Waals surface area (Å²) in [5, 5.41) is 0. The third-order valence-electron chi connectivity index (χ3n) is 4.50. The maximum absolute atomic E-state index is 5.52. The number of rotatable bonds is 19. The summed E-state index contributed by atoms with van der Waals surface area (Å²) >= 11 is 7.40. The summed E-state index contributed by atoms with van der Waals surface area (Å²) in [6.07, 6.45) is 20.9. The molecule has 4 heteroatoms. The Labute approximate surface area is 177 Å². The predicted octanol–water partition coefficient (Wildman–Crippen LogP) is 7.24. The third kappa shape index (κ3) is 24.9. The van der Waals surface area contributed by atoms with Crippen LogP contribution in [0.25, 0.3) is 0 Å². The largest absolute Gasteiger partial charge is 0.377 e. The van der Waals surface area contributed by atoms with Crippen molar-refractivity contribution in [3.63, 3.8) is 0 Å². The summed E-state index contributed by atoms with van der Waals surface area (Å²) in [5.74, 6) is 0. The molecule has 0 aromatic carbocycles. The first-order valence-corrected chi connectivity index (χ1v) is 13.1. The summed E-state index contributed by atoms with van der Waals surface area (Å²) in [6, 6.07) is 0. The van der Waals surface area contributed by atoms with E-state index in [0.717, 1.165) is 18.8 Å². The molecule has 0 heterocycles. The van der Waals surface area contributed by atoms with Crippen molar-refractivity contribution in [2.45, 2.75) is 106 Å². The molecule has 0 aliphatic rings. The molecule has 0 aliphatic carbocycles. The van der Waals surface area contributed by atoms with Crippen molar-refractivity contribution in [1.29, 1.82) is 0 Å². The van der Waals surface area contributed by atoms with Crippen molar-refractivity contribution in [1.82, 2.24) is 0 Å². The predicted molar refractivity (Wildman–Crippen MR) is 125 cm³/mol. The third-order valence-corrected chi connectivity index (χ3v) is 5.80. The molecule has 150 valence electrons. The van der Waals surface area contributed by atoms with Crippen molar-refractivity contribution < 1.29 is 4.74 Å². The van der Waals surface area contributed by atoms with Crippen LogP contribution >= 0.6 is 31.9 Å². The van der Waals surface area contributed by atoms with E-state index in [1.165, 1.54) is 107 Å². The first-order valence-electron chi connectivity index (χ1n) is 10.5. The Morgan fingerprint density at radius 1 is 0.760 bits per heavy atom. The van der Waals surface area contributed by atoms with Gasteiger partial charge in [-0.25, -0.2) is 0 Å². The van der Waals surface area contributed by atoms with Crippen LogP contribution < -0.4 is 0 Å². The maximum Gasteiger partial charge on any atom is 0.0671 e. The van der Waals surface area contributed by atoms with Gasteiger partial charge in [-0.2, -0.15) is 0 Å². The van der Waals surface area contributed by atoms with Crippen LogP contribution in [0.2, 0.25) is 0 Å². The van der Waals surface area contributed by atoms with E-state index in [2.05, 4.69) is 38.4 Å². The Bertz CT molecular complexity index is 303. The van der Waals surface area contributed by atoms with Gasteiger partial charge in [-0.1, -0.05) is 127 Å². The molecule has 0 aromatic rings. The maximum atomic E-state index is 5.52. The van der Waals surface area contributed by atoms with Crippen LogP contribution in [0.3, 0.4) is 0 Å². The zero-order valence-electron chi connectivity index (χ0n) is 16.9. The fourth-order valence-electron chi connectivity index (χ4n) is 3.01. The lowest BCUT2D eigenvalue weighted by atomic mass is 10.0. The van der Waals surface area contributed by atoms with E-state index in [0.29, 0.717) is 2.86 Å². The van der Waals surface area contributed by atoms with Crippen LogP contribution in [0.15, 0.2) is 12.2 Å². The SMILES string of the molecule is C=C(C)COCCCCCCCCCCCCCCCCC([SiH3])(Br)Br. The van der Waals surface area contributed by atoms with Crippen LogP contribution in [-0.2, 0) is 4.74 Å². The van der Waals surface area contributed by atoms with E-state index in [4.69, 9.17) is 4.74 Å². The van der Waals surface area contributed by atoms with Gasteiger partial charge < -0.3 is 4.74 Å². The van der Waals surface area contributed by atoms with Gasteiger partial charge in [0.05, 0.1) is 9.46 Å². The molecule has 0 unspecified atom stereocenters. The number of unbranched alkanes of at least 4 members (excludes halogenated alkanes) is 13. The molecular formula is C21H42Br2OSi. The van der Waals surface area contributed by atoms with Gasteiger partial charge in [0.25, 0.3) is 0 Å². The molecule has 0 fully saturated rings. The number of hydrogen-bond donors (Lipinski definition) is 0. The quantitative estimate of drug-likeness (QED) is 0.0790. The van der Waals surface area contributed by atoms with E-state index in [-0.39, 0.29) is 0 Å². The molecule has 25 heavy (non-hydrogen) atoms. The van der Waals surface area contributed by atoms with Gasteiger partial charge in [-0.15, -0.1) is 0 Å². The zero-order valence-corrected chi connectivity index (χ0v) is 22.1. The highest BCUT2D eigenvalue weighted by Crippen LogP contribution is 2.28. The lowest BCUT2D eigenvalue weighted by molar-refractivity contribution is 0.151. The summed E-state index contributed by atoms with van der Waals surface area (Å²) < 4.78 is 5.81. The average Bonchev–Trinajstić information content (AvgIpc) is 2.52. The van der Waals surface area contributed by atoms with Gasteiger partial charge in [-0.05, 0) is 19.8 Å². The minimum atomic E-state index is 0.290. The Morgan fingerprint density at radius 3 is 1.48 bits per heavy atom. The second kappa shape index (κ2) is 18.2. The zero-order chi connectivity index (χ0) is 18.8. The van der Waals surface area contributed by atoms with Crippen LogP contribution in [0.5, 0.6) is 0 Å². The second-order valence-electron chi connectivity index (χ2n) is 7.78. The van der Waals surface area contributed by atoms with Gasteiger partial charge in [-0.3, -0.25) is 0 Å². The average molecular weight is 498 g/mol. The second-order valence-corrected chi connectivity index (χ2v) is 17.0. The Hall–Kier alpha value is 0.877. The molecule has 0 saturated heterocycles. The fraction of sp³-hybridized carbons (Fsp3) is 0.905. The number of alkyl halides is 2. The Morgan fingerprint density at radius 2 is 1.12 bits per heavy atom. The topological polar surface area (TPSA) is 9.23 Å². The summed E-state index contributed by atoms with van der Waals surface area (Å²) in [4.78, 5) is 0. The van der Waals surface area contributed by atoms with E-state index in [9.17, 15) is 0 Å². The molecule has 0 rings (SSSR count). The number of hydrogen-bond acceptors (Lipinski definition) is 1. The standard InChI is InChI=1S/C21H42Br2OSi/c1-20(2)19-24-18-16-14-12-10-8-6-4-3-5-7-9-11-13-15-17-21(22,23)25/h1,3-19H2,2,25H3. The molecule has 0 amide bonds. The number of halogens is 2. The van der Waals surface area contributed by atoms with Crippen molar-refractivity contribution >= 4 is 42.1 Å². The molecule has 0 spiro atoms. The minimum absolute atomic E-state index is 0.290. The van der Waals surface area contributed by atoms with E-state index in [1.807, 2.05) is 6.92 Å². The van der Waals surface area contributed by atoms with Crippen LogP contribution in [-0.4, -0.2) is 26.3 Å². The molecule has 1 nitrogen and oxygen atoms in total. The van der Waals surface area contributed by atoms with Crippen molar-refractivity contribution in [3.05, 3.63) is 12.2 Å². The van der Waals surface area contributed by atoms with Gasteiger partial charge >= 0.3 is 0 Å². The first-order chi connectivity index (χ1) is 11.9. The highest BCUT2D eigenvalue weighted by atomic mass is 79.9. The molecule has 0 N–H and O–H groups in total. The van der Waals surface area contributed by atoms with Gasteiger partial charge in [0.15, 0.2) is 0 Å². The Balaban J connectivity index is 3.04. The van der Waals surface area contributed by atoms with Gasteiger partial charge in [0, 0.05) is 16.8 Å². The lowest BCUT2D eigenvalue weighted by Gasteiger charge is -2.13. The van der Waals surface area contributed by atoms with Crippen LogP contribution in [0.1, 0.15) is 103 Å². The van der Waals surface area contributed by atoms with Crippen molar-refractivity contribution in [3.8, 4) is 0 Å². The van der Waals surface area contributed by atoms with E-state index < -0.39 is 0 Å². The normalized spacial score (nSPS) is 12.0. The molecule has 0 aromatic heterocycles. The lowest BCUT2D eigenvalue weighted by Crippen LogP contribution is -2.09. The minimum Gasteiger partial charge on any atom is -0.377 e. The van der Waals surface area contributed by atoms with Crippen LogP contribution in [0, 0.1) is 0 Å². The summed E-state index contributed by atoms with van der Waals surface area (Å²) in [7, 11) is 1.17. The van der Waals surface area contributed by atoms with Gasteiger partial charge in [0.1, 0.15) is 0 Å². The highest BCUT2D eigenvalue weighted by Gasteiger charge is 2.13.